The van der Waals surface area contributed by atoms with Gasteiger partial charge in [0, 0.05) is 12.8 Å². The highest BCUT2D eigenvalue weighted by Crippen LogP contribution is 2.06. The van der Waals surface area contributed by atoms with Crippen LogP contribution in [0.15, 0.2) is 30.3 Å². The predicted octanol–water partition coefficient (Wildman–Crippen LogP) is 0.0262. The molecule has 1 aromatic carbocycles. The van der Waals surface area contributed by atoms with Gasteiger partial charge >= 0.3 is 11.9 Å². The number of carbonyl (C=O) groups excluding carboxylic acids is 3. The smallest absolute Gasteiger partial charge is 0.326 e. The van der Waals surface area contributed by atoms with E-state index in [4.69, 9.17) is 10.8 Å². The average molecular weight is 479 g/mol. The number of amides is 3. The summed E-state index contributed by atoms with van der Waals surface area (Å²) in [5.41, 5.74) is 6.49. The maximum Gasteiger partial charge on any atom is 0.326 e. The summed E-state index contributed by atoms with van der Waals surface area (Å²) in [5.74, 6) is -4.39. The molecule has 0 aliphatic heterocycles. The molecular formula is C23H34N4O7. The van der Waals surface area contributed by atoms with Gasteiger partial charge in [0.1, 0.15) is 18.1 Å². The first kappa shape index (κ1) is 28.6. The molecule has 4 unspecified atom stereocenters. The number of hydrogen-bond acceptors (Lipinski definition) is 6. The zero-order valence-corrected chi connectivity index (χ0v) is 19.6. The van der Waals surface area contributed by atoms with Crippen LogP contribution in [0.5, 0.6) is 0 Å². The number of carboxylic acid groups (broad SMARTS) is 2. The Morgan fingerprint density at radius 2 is 1.44 bits per heavy atom. The van der Waals surface area contributed by atoms with Gasteiger partial charge in [0.05, 0.1) is 6.04 Å². The van der Waals surface area contributed by atoms with E-state index in [-0.39, 0.29) is 18.8 Å². The van der Waals surface area contributed by atoms with E-state index in [1.165, 1.54) is 6.92 Å². The molecule has 188 valence electrons. The van der Waals surface area contributed by atoms with E-state index >= 15 is 0 Å². The number of rotatable bonds is 14. The van der Waals surface area contributed by atoms with E-state index in [0.717, 1.165) is 0 Å². The first-order valence-electron chi connectivity index (χ1n) is 11.1. The van der Waals surface area contributed by atoms with Crippen molar-refractivity contribution < 1.29 is 34.2 Å². The van der Waals surface area contributed by atoms with Crippen molar-refractivity contribution in [3.8, 4) is 0 Å². The molecule has 7 N–H and O–H groups in total. The summed E-state index contributed by atoms with van der Waals surface area (Å²) in [7, 11) is 0. The molecule has 11 heteroatoms. The Morgan fingerprint density at radius 1 is 0.853 bits per heavy atom. The predicted molar refractivity (Wildman–Crippen MR) is 124 cm³/mol. The molecule has 0 aliphatic carbocycles. The second-order valence-electron chi connectivity index (χ2n) is 8.55. The van der Waals surface area contributed by atoms with Gasteiger partial charge in [-0.15, -0.1) is 0 Å². The molecule has 0 aromatic heterocycles. The highest BCUT2D eigenvalue weighted by molar-refractivity contribution is 5.94. The van der Waals surface area contributed by atoms with Crippen molar-refractivity contribution in [2.24, 2.45) is 11.7 Å². The highest BCUT2D eigenvalue weighted by Gasteiger charge is 2.29. The van der Waals surface area contributed by atoms with E-state index in [0.29, 0.717) is 12.0 Å². The van der Waals surface area contributed by atoms with Gasteiger partial charge in [-0.05, 0) is 31.2 Å². The third-order valence-corrected chi connectivity index (χ3v) is 4.99. The number of benzene rings is 1. The molecule has 1 aromatic rings. The van der Waals surface area contributed by atoms with Crippen molar-refractivity contribution in [1.82, 2.24) is 16.0 Å². The van der Waals surface area contributed by atoms with Gasteiger partial charge in [0.15, 0.2) is 0 Å². The van der Waals surface area contributed by atoms with Crippen LogP contribution in [0.2, 0.25) is 0 Å². The Bertz CT molecular complexity index is 860. The van der Waals surface area contributed by atoms with Crippen molar-refractivity contribution in [2.75, 3.05) is 0 Å². The van der Waals surface area contributed by atoms with Gasteiger partial charge in [0.2, 0.25) is 17.7 Å². The molecule has 4 atom stereocenters. The maximum atomic E-state index is 12.8. The number of aliphatic carboxylic acids is 2. The van der Waals surface area contributed by atoms with E-state index in [1.54, 1.807) is 30.3 Å². The van der Waals surface area contributed by atoms with Crippen molar-refractivity contribution >= 4 is 29.7 Å². The van der Waals surface area contributed by atoms with Crippen LogP contribution >= 0.6 is 0 Å². The molecule has 0 aliphatic rings. The van der Waals surface area contributed by atoms with Crippen LogP contribution in [0.4, 0.5) is 0 Å². The molecule has 0 bridgehead atoms. The molecule has 34 heavy (non-hydrogen) atoms. The fourth-order valence-corrected chi connectivity index (χ4v) is 3.16. The molecule has 1 rings (SSSR count). The molecular weight excluding hydrogens is 444 g/mol. The van der Waals surface area contributed by atoms with Gasteiger partial charge < -0.3 is 31.9 Å². The summed E-state index contributed by atoms with van der Waals surface area (Å²) >= 11 is 0. The fourth-order valence-electron chi connectivity index (χ4n) is 3.16. The quantitative estimate of drug-likeness (QED) is 0.216. The molecule has 0 fully saturated rings. The zero-order valence-electron chi connectivity index (χ0n) is 19.6. The molecule has 0 saturated carbocycles. The number of hydrogen-bond donors (Lipinski definition) is 6. The van der Waals surface area contributed by atoms with Crippen LogP contribution < -0.4 is 21.7 Å². The third-order valence-electron chi connectivity index (χ3n) is 4.99. The molecule has 0 radical (unpaired) electrons. The van der Waals surface area contributed by atoms with Crippen LogP contribution in [0.25, 0.3) is 0 Å². The topological polar surface area (TPSA) is 188 Å². The van der Waals surface area contributed by atoms with Gasteiger partial charge in [0.25, 0.3) is 0 Å². The van der Waals surface area contributed by atoms with Crippen LogP contribution in [0, 0.1) is 5.92 Å². The Balaban J connectivity index is 2.85. The normalized spacial score (nSPS) is 14.4. The Labute approximate surface area is 198 Å². The highest BCUT2D eigenvalue weighted by atomic mass is 16.4. The van der Waals surface area contributed by atoms with E-state index in [9.17, 15) is 29.1 Å². The molecule has 0 spiro atoms. The standard InChI is InChI=1S/C23H34N4O7/c1-13(2)11-16(24)21(31)25-14(3)20(30)26-17(9-10-19(28)29)22(32)27-18(23(33)34)12-15-7-5-4-6-8-15/h4-8,13-14,16-18H,9-12,24H2,1-3H3,(H,25,31)(H,26,30)(H,27,32)(H,28,29)(H,33,34). The van der Waals surface area contributed by atoms with Crippen LogP contribution in [-0.4, -0.2) is 64.0 Å². The number of carboxylic acids is 2. The van der Waals surface area contributed by atoms with Crippen molar-refractivity contribution in [2.45, 2.75) is 70.6 Å². The summed E-state index contributed by atoms with van der Waals surface area (Å²) in [6.45, 7) is 5.20. The largest absolute Gasteiger partial charge is 0.481 e. The fraction of sp³-hybridized carbons (Fsp3) is 0.522. The third kappa shape index (κ3) is 10.4. The minimum Gasteiger partial charge on any atom is -0.481 e. The molecule has 11 nitrogen and oxygen atoms in total. The average Bonchev–Trinajstić information content (AvgIpc) is 2.75. The van der Waals surface area contributed by atoms with Crippen LogP contribution in [0.3, 0.4) is 0 Å². The number of carbonyl (C=O) groups is 5. The summed E-state index contributed by atoms with van der Waals surface area (Å²) in [6.07, 6.45) is -0.281. The van der Waals surface area contributed by atoms with E-state index < -0.39 is 60.2 Å². The summed E-state index contributed by atoms with van der Waals surface area (Å²) < 4.78 is 0. The van der Waals surface area contributed by atoms with Crippen LogP contribution in [0.1, 0.15) is 45.6 Å². The molecule has 3 amide bonds. The Kier molecular flexibility index (Phi) is 11.7. The van der Waals surface area contributed by atoms with Crippen molar-refractivity contribution in [3.63, 3.8) is 0 Å². The summed E-state index contributed by atoms with van der Waals surface area (Å²) in [4.78, 5) is 60.2. The van der Waals surface area contributed by atoms with Gasteiger partial charge in [-0.25, -0.2) is 4.79 Å². The van der Waals surface area contributed by atoms with Gasteiger partial charge in [-0.2, -0.15) is 0 Å². The molecule has 0 saturated heterocycles. The zero-order chi connectivity index (χ0) is 25.8. The van der Waals surface area contributed by atoms with Gasteiger partial charge in [-0.1, -0.05) is 44.2 Å². The Morgan fingerprint density at radius 3 is 1.97 bits per heavy atom. The van der Waals surface area contributed by atoms with E-state index in [1.807, 2.05) is 13.8 Å². The van der Waals surface area contributed by atoms with Crippen molar-refractivity contribution in [1.29, 1.82) is 0 Å². The Hall–Kier alpha value is -3.47. The second-order valence-corrected chi connectivity index (χ2v) is 8.55. The lowest BCUT2D eigenvalue weighted by molar-refractivity contribution is -0.143. The SMILES string of the molecule is CC(C)CC(N)C(=O)NC(C)C(=O)NC(CCC(=O)O)C(=O)NC(Cc1ccccc1)C(=O)O. The maximum absolute atomic E-state index is 12.8. The summed E-state index contributed by atoms with van der Waals surface area (Å²) in [6, 6.07) is 4.19. The summed E-state index contributed by atoms with van der Waals surface area (Å²) in [5, 5.41) is 25.7. The first-order chi connectivity index (χ1) is 15.9. The minimum absolute atomic E-state index is 0.00170. The second kappa shape index (κ2) is 13.9. The lowest BCUT2D eigenvalue weighted by Gasteiger charge is -2.23. The van der Waals surface area contributed by atoms with Gasteiger partial charge in [-0.3, -0.25) is 19.2 Å². The van der Waals surface area contributed by atoms with Crippen molar-refractivity contribution in [3.05, 3.63) is 35.9 Å². The monoisotopic (exact) mass is 478 g/mol. The first-order valence-corrected chi connectivity index (χ1v) is 11.1. The number of nitrogens with one attached hydrogen (secondary N) is 3. The number of nitrogens with two attached hydrogens (primary N) is 1. The lowest BCUT2D eigenvalue weighted by Crippen LogP contribution is -2.56. The van der Waals surface area contributed by atoms with E-state index in [2.05, 4.69) is 16.0 Å². The lowest BCUT2D eigenvalue weighted by atomic mass is 10.0. The minimum atomic E-state index is -1.31. The van der Waals surface area contributed by atoms with Crippen LogP contribution in [-0.2, 0) is 30.4 Å². The molecule has 0 heterocycles.